The summed E-state index contributed by atoms with van der Waals surface area (Å²) in [7, 11) is -3.34. The number of aromatic nitrogens is 2. The first kappa shape index (κ1) is 15.8. The fraction of sp³-hybridized carbons (Fsp3) is 0.167. The van der Waals surface area contributed by atoms with Crippen LogP contribution < -0.4 is 11.1 Å². The van der Waals surface area contributed by atoms with E-state index >= 15 is 0 Å². The van der Waals surface area contributed by atoms with Crippen LogP contribution in [-0.2, 0) is 16.4 Å². The lowest BCUT2D eigenvalue weighted by atomic mass is 10.2. The van der Waals surface area contributed by atoms with Crippen molar-refractivity contribution in [2.75, 3.05) is 17.3 Å². The van der Waals surface area contributed by atoms with Gasteiger partial charge in [0, 0.05) is 12.8 Å². The highest BCUT2D eigenvalue weighted by Gasteiger charge is 2.12. The summed E-state index contributed by atoms with van der Waals surface area (Å²) in [5.74, 6) is 0.576. The Labute approximate surface area is 132 Å². The molecule has 1 aromatic carbocycles. The average molecular weight is 347 g/mol. The number of halogens is 2. The van der Waals surface area contributed by atoms with Crippen LogP contribution in [0.2, 0.25) is 10.0 Å². The zero-order valence-corrected chi connectivity index (χ0v) is 13.3. The first-order valence-electron chi connectivity index (χ1n) is 5.77. The van der Waals surface area contributed by atoms with Crippen LogP contribution in [-0.4, -0.2) is 24.6 Å². The third-order valence-corrected chi connectivity index (χ3v) is 4.62. The fourth-order valence-corrected chi connectivity index (χ4v) is 3.16. The molecule has 9 heteroatoms. The van der Waals surface area contributed by atoms with E-state index in [-0.39, 0.29) is 20.8 Å². The molecule has 21 heavy (non-hydrogen) atoms. The maximum absolute atomic E-state index is 11.5. The van der Waals surface area contributed by atoms with Crippen LogP contribution in [0.5, 0.6) is 0 Å². The topological polar surface area (TPSA) is 98.0 Å². The summed E-state index contributed by atoms with van der Waals surface area (Å²) in [6.45, 7) is 0.361. The lowest BCUT2D eigenvalue weighted by Crippen LogP contribution is -2.05. The van der Waals surface area contributed by atoms with E-state index in [1.54, 1.807) is 12.1 Å². The van der Waals surface area contributed by atoms with Gasteiger partial charge in [0.25, 0.3) is 0 Å². The quantitative estimate of drug-likeness (QED) is 0.881. The molecule has 0 saturated carbocycles. The van der Waals surface area contributed by atoms with Crippen molar-refractivity contribution < 1.29 is 8.42 Å². The predicted octanol–water partition coefficient (Wildman–Crippen LogP) is 2.38. The minimum absolute atomic E-state index is 0.0947. The lowest BCUT2D eigenvalue weighted by Gasteiger charge is -2.09. The van der Waals surface area contributed by atoms with Crippen molar-refractivity contribution in [1.82, 2.24) is 9.97 Å². The molecule has 0 aliphatic rings. The van der Waals surface area contributed by atoms with E-state index in [1.807, 2.05) is 0 Å². The molecule has 0 aliphatic heterocycles. The summed E-state index contributed by atoms with van der Waals surface area (Å²) in [5.41, 5.74) is 6.35. The van der Waals surface area contributed by atoms with Crippen LogP contribution in [0.3, 0.4) is 0 Å². The SMILES string of the molecule is CS(=O)(=O)c1ccc(CNc2ncnc(N)c2Cl)cc1Cl. The molecule has 0 aliphatic carbocycles. The Morgan fingerprint density at radius 3 is 2.62 bits per heavy atom. The Kier molecular flexibility index (Phi) is 4.55. The second kappa shape index (κ2) is 6.05. The zero-order chi connectivity index (χ0) is 15.6. The van der Waals surface area contributed by atoms with Crippen LogP contribution in [0.15, 0.2) is 29.4 Å². The van der Waals surface area contributed by atoms with Gasteiger partial charge in [0.2, 0.25) is 0 Å². The molecule has 0 fully saturated rings. The molecule has 3 N–H and O–H groups in total. The largest absolute Gasteiger partial charge is 0.382 e. The normalized spacial score (nSPS) is 11.4. The number of sulfone groups is 1. The molecule has 2 aromatic rings. The second-order valence-electron chi connectivity index (χ2n) is 4.31. The molecule has 112 valence electrons. The molecular weight excluding hydrogens is 335 g/mol. The summed E-state index contributed by atoms with van der Waals surface area (Å²) >= 11 is 11.9. The molecule has 0 saturated heterocycles. The molecule has 0 radical (unpaired) electrons. The van der Waals surface area contributed by atoms with Gasteiger partial charge in [0.1, 0.15) is 17.2 Å². The Morgan fingerprint density at radius 1 is 1.29 bits per heavy atom. The zero-order valence-electron chi connectivity index (χ0n) is 11.0. The van der Waals surface area contributed by atoms with Crippen molar-refractivity contribution in [3.8, 4) is 0 Å². The number of rotatable bonds is 4. The van der Waals surface area contributed by atoms with Crippen molar-refractivity contribution in [3.63, 3.8) is 0 Å². The van der Waals surface area contributed by atoms with E-state index in [0.29, 0.717) is 12.4 Å². The van der Waals surface area contributed by atoms with Crippen LogP contribution in [0.4, 0.5) is 11.6 Å². The van der Waals surface area contributed by atoms with Crippen molar-refractivity contribution in [1.29, 1.82) is 0 Å². The molecule has 0 spiro atoms. The number of nitrogen functional groups attached to an aromatic ring is 1. The van der Waals surface area contributed by atoms with Crippen molar-refractivity contribution in [3.05, 3.63) is 40.1 Å². The Hall–Kier alpha value is -1.57. The second-order valence-corrected chi connectivity index (χ2v) is 7.08. The predicted molar refractivity (Wildman–Crippen MR) is 83.3 cm³/mol. The first-order chi connectivity index (χ1) is 9.79. The highest BCUT2D eigenvalue weighted by molar-refractivity contribution is 7.90. The Bertz CT molecular complexity index is 781. The smallest absolute Gasteiger partial charge is 0.176 e. The summed E-state index contributed by atoms with van der Waals surface area (Å²) in [6, 6.07) is 4.70. The van der Waals surface area contributed by atoms with Gasteiger partial charge in [-0.2, -0.15) is 0 Å². The van der Waals surface area contributed by atoms with Gasteiger partial charge in [-0.05, 0) is 17.7 Å². The summed E-state index contributed by atoms with van der Waals surface area (Å²) < 4.78 is 23.0. The molecular formula is C12H12Cl2N4O2S. The average Bonchev–Trinajstić information content (AvgIpc) is 2.39. The van der Waals surface area contributed by atoms with E-state index in [4.69, 9.17) is 28.9 Å². The Morgan fingerprint density at radius 2 is 2.00 bits per heavy atom. The highest BCUT2D eigenvalue weighted by Crippen LogP contribution is 2.25. The van der Waals surface area contributed by atoms with Crippen LogP contribution in [0.1, 0.15) is 5.56 Å². The van der Waals surface area contributed by atoms with E-state index in [9.17, 15) is 8.42 Å². The lowest BCUT2D eigenvalue weighted by molar-refractivity contribution is 0.602. The number of nitrogens with one attached hydrogen (secondary N) is 1. The number of hydrogen-bond acceptors (Lipinski definition) is 6. The van der Waals surface area contributed by atoms with Gasteiger partial charge in [-0.3, -0.25) is 0 Å². The molecule has 2 rings (SSSR count). The van der Waals surface area contributed by atoms with E-state index < -0.39 is 9.84 Å². The van der Waals surface area contributed by atoms with Gasteiger partial charge >= 0.3 is 0 Å². The van der Waals surface area contributed by atoms with Gasteiger partial charge in [0.15, 0.2) is 15.7 Å². The number of nitrogens with two attached hydrogens (primary N) is 1. The number of nitrogens with zero attached hydrogens (tertiary/aromatic N) is 2. The number of hydrogen-bond donors (Lipinski definition) is 2. The van der Waals surface area contributed by atoms with Crippen molar-refractivity contribution in [2.45, 2.75) is 11.4 Å². The van der Waals surface area contributed by atoms with Crippen LogP contribution in [0.25, 0.3) is 0 Å². The number of benzene rings is 1. The van der Waals surface area contributed by atoms with Crippen molar-refractivity contribution in [2.24, 2.45) is 0 Å². The molecule has 0 atom stereocenters. The van der Waals surface area contributed by atoms with Gasteiger partial charge in [0.05, 0.1) is 9.92 Å². The van der Waals surface area contributed by atoms with E-state index in [0.717, 1.165) is 11.8 Å². The molecule has 6 nitrogen and oxygen atoms in total. The maximum Gasteiger partial charge on any atom is 0.176 e. The molecule has 1 aromatic heterocycles. The van der Waals surface area contributed by atoms with Crippen LogP contribution in [0, 0.1) is 0 Å². The minimum Gasteiger partial charge on any atom is -0.382 e. The summed E-state index contributed by atoms with van der Waals surface area (Å²) in [6.07, 6.45) is 2.40. The van der Waals surface area contributed by atoms with E-state index in [1.165, 1.54) is 12.4 Å². The molecule has 1 heterocycles. The third kappa shape index (κ3) is 3.75. The highest BCUT2D eigenvalue weighted by atomic mass is 35.5. The standard InChI is InChI=1S/C12H12Cl2N4O2S/c1-21(19,20)9-3-2-7(4-8(9)13)5-16-12-10(14)11(15)17-6-18-12/h2-4,6H,5H2,1H3,(H3,15,16,17,18). The molecule has 0 bridgehead atoms. The maximum atomic E-state index is 11.5. The summed E-state index contributed by atoms with van der Waals surface area (Å²) in [4.78, 5) is 7.82. The van der Waals surface area contributed by atoms with Gasteiger partial charge in [-0.15, -0.1) is 0 Å². The monoisotopic (exact) mass is 346 g/mol. The first-order valence-corrected chi connectivity index (χ1v) is 8.42. The molecule has 0 amide bonds. The molecule has 0 unspecified atom stereocenters. The third-order valence-electron chi connectivity index (χ3n) is 2.67. The minimum atomic E-state index is -3.34. The summed E-state index contributed by atoms with van der Waals surface area (Å²) in [5, 5.41) is 3.39. The van der Waals surface area contributed by atoms with Crippen LogP contribution >= 0.6 is 23.2 Å². The fourth-order valence-electron chi connectivity index (χ4n) is 1.65. The van der Waals surface area contributed by atoms with Gasteiger partial charge < -0.3 is 11.1 Å². The van der Waals surface area contributed by atoms with Gasteiger partial charge in [-0.1, -0.05) is 29.3 Å². The van der Waals surface area contributed by atoms with Crippen molar-refractivity contribution >= 4 is 44.7 Å². The number of anilines is 2. The Balaban J connectivity index is 2.18. The van der Waals surface area contributed by atoms with E-state index in [2.05, 4.69) is 15.3 Å². The van der Waals surface area contributed by atoms with Gasteiger partial charge in [-0.25, -0.2) is 18.4 Å².